The molecule has 0 aromatic heterocycles. The summed E-state index contributed by atoms with van der Waals surface area (Å²) >= 11 is 0. The molecule has 2 aromatic rings. The van der Waals surface area contributed by atoms with E-state index in [9.17, 15) is 0 Å². The van der Waals surface area contributed by atoms with E-state index in [0.717, 1.165) is 17.5 Å². The molecule has 0 saturated carbocycles. The molecule has 2 rings (SSSR count). The van der Waals surface area contributed by atoms with Crippen molar-refractivity contribution in [3.8, 4) is 0 Å². The summed E-state index contributed by atoms with van der Waals surface area (Å²) in [7, 11) is 0. The number of aryl methyl sites for hydroxylation is 2. The zero-order chi connectivity index (χ0) is 13.9. The van der Waals surface area contributed by atoms with Crippen LogP contribution in [0.5, 0.6) is 0 Å². The third-order valence-electron chi connectivity index (χ3n) is 3.74. The first-order chi connectivity index (χ1) is 9.04. The fourth-order valence-corrected chi connectivity index (χ4v) is 2.37. The Morgan fingerprint density at radius 3 is 1.84 bits per heavy atom. The maximum atomic E-state index is 6.53. The smallest absolute Gasteiger partial charge is 0.0636 e. The Morgan fingerprint density at radius 2 is 1.37 bits per heavy atom. The van der Waals surface area contributed by atoms with Gasteiger partial charge in [-0.1, -0.05) is 67.4 Å². The van der Waals surface area contributed by atoms with Gasteiger partial charge in [-0.25, -0.2) is 0 Å². The second-order valence-corrected chi connectivity index (χ2v) is 5.52. The van der Waals surface area contributed by atoms with Gasteiger partial charge in [-0.3, -0.25) is 0 Å². The molecule has 19 heavy (non-hydrogen) atoms. The number of hydrogen-bond acceptors (Lipinski definition) is 1. The van der Waals surface area contributed by atoms with Crippen LogP contribution < -0.4 is 5.73 Å². The first kappa shape index (κ1) is 13.8. The highest BCUT2D eigenvalue weighted by molar-refractivity contribution is 5.39. The van der Waals surface area contributed by atoms with Crippen LogP contribution >= 0.6 is 0 Å². The van der Waals surface area contributed by atoms with E-state index in [2.05, 4.69) is 69.3 Å². The molecular formula is C18H23N. The summed E-state index contributed by atoms with van der Waals surface area (Å²) in [5.41, 5.74) is 11.1. The predicted molar refractivity (Wildman–Crippen MR) is 82.3 cm³/mol. The van der Waals surface area contributed by atoms with Gasteiger partial charge in [0.1, 0.15) is 0 Å². The van der Waals surface area contributed by atoms with Crippen LogP contribution in [-0.4, -0.2) is 0 Å². The molecule has 2 N–H and O–H groups in total. The SMILES string of the molecule is CCCc1ccc(C(C)(N)c2ccc(C)cc2)cc1. The Balaban J connectivity index is 2.30. The molecule has 1 heteroatoms. The van der Waals surface area contributed by atoms with Gasteiger partial charge in [0.25, 0.3) is 0 Å². The summed E-state index contributed by atoms with van der Waals surface area (Å²) in [5.74, 6) is 0. The minimum atomic E-state index is -0.432. The summed E-state index contributed by atoms with van der Waals surface area (Å²) in [6.45, 7) is 6.37. The lowest BCUT2D eigenvalue weighted by Gasteiger charge is -2.26. The summed E-state index contributed by atoms with van der Waals surface area (Å²) in [6, 6.07) is 17.2. The lowest BCUT2D eigenvalue weighted by atomic mass is 9.85. The van der Waals surface area contributed by atoms with Gasteiger partial charge in [0.05, 0.1) is 5.54 Å². The largest absolute Gasteiger partial charge is 0.318 e. The van der Waals surface area contributed by atoms with Gasteiger partial charge >= 0.3 is 0 Å². The van der Waals surface area contributed by atoms with Gasteiger partial charge < -0.3 is 5.73 Å². The summed E-state index contributed by atoms with van der Waals surface area (Å²) in [5, 5.41) is 0. The maximum Gasteiger partial charge on any atom is 0.0636 e. The van der Waals surface area contributed by atoms with E-state index in [1.807, 2.05) is 0 Å². The fourth-order valence-electron chi connectivity index (χ4n) is 2.37. The molecule has 0 saturated heterocycles. The Hall–Kier alpha value is -1.60. The summed E-state index contributed by atoms with van der Waals surface area (Å²) in [4.78, 5) is 0. The maximum absolute atomic E-state index is 6.53. The van der Waals surface area contributed by atoms with Crippen molar-refractivity contribution in [1.82, 2.24) is 0 Å². The van der Waals surface area contributed by atoms with Crippen LogP contribution in [0.4, 0.5) is 0 Å². The molecule has 0 aliphatic heterocycles. The highest BCUT2D eigenvalue weighted by Gasteiger charge is 2.23. The van der Waals surface area contributed by atoms with Crippen molar-refractivity contribution in [2.75, 3.05) is 0 Å². The number of hydrogen-bond donors (Lipinski definition) is 1. The molecule has 0 bridgehead atoms. The molecule has 0 amide bonds. The number of rotatable bonds is 4. The van der Waals surface area contributed by atoms with E-state index in [1.165, 1.54) is 17.5 Å². The second kappa shape index (κ2) is 5.58. The minimum Gasteiger partial charge on any atom is -0.318 e. The molecule has 1 atom stereocenters. The van der Waals surface area contributed by atoms with Crippen LogP contribution in [0.2, 0.25) is 0 Å². The molecular weight excluding hydrogens is 230 g/mol. The average molecular weight is 253 g/mol. The van der Waals surface area contributed by atoms with E-state index in [0.29, 0.717) is 0 Å². The second-order valence-electron chi connectivity index (χ2n) is 5.52. The third-order valence-corrected chi connectivity index (χ3v) is 3.74. The molecule has 0 radical (unpaired) electrons. The molecule has 1 unspecified atom stereocenters. The van der Waals surface area contributed by atoms with Gasteiger partial charge in [0.2, 0.25) is 0 Å². The number of benzene rings is 2. The fraction of sp³-hybridized carbons (Fsp3) is 0.333. The van der Waals surface area contributed by atoms with Crippen LogP contribution in [-0.2, 0) is 12.0 Å². The molecule has 2 aromatic carbocycles. The van der Waals surface area contributed by atoms with Gasteiger partial charge in [-0.2, -0.15) is 0 Å². The highest BCUT2D eigenvalue weighted by atomic mass is 14.7. The number of nitrogens with two attached hydrogens (primary N) is 1. The van der Waals surface area contributed by atoms with Crippen LogP contribution in [0.25, 0.3) is 0 Å². The zero-order valence-corrected chi connectivity index (χ0v) is 12.1. The molecule has 0 aliphatic rings. The molecule has 0 aliphatic carbocycles. The minimum absolute atomic E-state index is 0.432. The van der Waals surface area contributed by atoms with Gasteiger partial charge in [0, 0.05) is 0 Å². The average Bonchev–Trinajstić information content (AvgIpc) is 2.40. The van der Waals surface area contributed by atoms with E-state index < -0.39 is 5.54 Å². The zero-order valence-electron chi connectivity index (χ0n) is 12.1. The van der Waals surface area contributed by atoms with Crippen molar-refractivity contribution >= 4 is 0 Å². The quantitative estimate of drug-likeness (QED) is 0.869. The monoisotopic (exact) mass is 253 g/mol. The Morgan fingerprint density at radius 1 is 0.895 bits per heavy atom. The third kappa shape index (κ3) is 3.05. The Bertz CT molecular complexity index is 521. The van der Waals surface area contributed by atoms with Gasteiger partial charge in [-0.15, -0.1) is 0 Å². The van der Waals surface area contributed by atoms with Crippen LogP contribution in [0, 0.1) is 6.92 Å². The van der Waals surface area contributed by atoms with E-state index in [1.54, 1.807) is 0 Å². The van der Waals surface area contributed by atoms with Gasteiger partial charge in [0.15, 0.2) is 0 Å². The standard InChI is InChI=1S/C18H23N/c1-4-5-15-8-12-17(13-9-15)18(3,19)16-10-6-14(2)7-11-16/h6-13H,4-5,19H2,1-3H3. The molecule has 0 heterocycles. The van der Waals surface area contributed by atoms with Crippen LogP contribution in [0.1, 0.15) is 42.5 Å². The van der Waals surface area contributed by atoms with E-state index >= 15 is 0 Å². The lowest BCUT2D eigenvalue weighted by Crippen LogP contribution is -2.34. The molecule has 100 valence electrons. The first-order valence-corrected chi connectivity index (χ1v) is 6.99. The molecule has 1 nitrogen and oxygen atoms in total. The van der Waals surface area contributed by atoms with Crippen LogP contribution in [0.3, 0.4) is 0 Å². The Labute approximate surface area is 116 Å². The highest BCUT2D eigenvalue weighted by Crippen LogP contribution is 2.27. The van der Waals surface area contributed by atoms with Crippen molar-refractivity contribution in [2.24, 2.45) is 5.73 Å². The van der Waals surface area contributed by atoms with Crippen molar-refractivity contribution in [2.45, 2.75) is 39.2 Å². The van der Waals surface area contributed by atoms with Crippen molar-refractivity contribution < 1.29 is 0 Å². The first-order valence-electron chi connectivity index (χ1n) is 6.99. The van der Waals surface area contributed by atoms with Crippen LogP contribution in [0.15, 0.2) is 48.5 Å². The van der Waals surface area contributed by atoms with E-state index in [-0.39, 0.29) is 0 Å². The predicted octanol–water partition coefficient (Wildman–Crippen LogP) is 4.17. The Kier molecular flexibility index (Phi) is 4.06. The molecule has 0 spiro atoms. The molecule has 0 fully saturated rings. The van der Waals surface area contributed by atoms with E-state index in [4.69, 9.17) is 5.73 Å². The van der Waals surface area contributed by atoms with Crippen molar-refractivity contribution in [1.29, 1.82) is 0 Å². The lowest BCUT2D eigenvalue weighted by molar-refractivity contribution is 0.602. The van der Waals surface area contributed by atoms with Crippen molar-refractivity contribution in [3.05, 3.63) is 70.8 Å². The normalized spacial score (nSPS) is 14.1. The summed E-state index contributed by atoms with van der Waals surface area (Å²) < 4.78 is 0. The van der Waals surface area contributed by atoms with Crippen molar-refractivity contribution in [3.63, 3.8) is 0 Å². The summed E-state index contributed by atoms with van der Waals surface area (Å²) in [6.07, 6.45) is 2.31. The van der Waals surface area contributed by atoms with Gasteiger partial charge in [-0.05, 0) is 37.0 Å². The topological polar surface area (TPSA) is 26.0 Å².